The van der Waals surface area contributed by atoms with Crippen LogP contribution in [-0.2, 0) is 17.8 Å². The highest BCUT2D eigenvalue weighted by Gasteiger charge is 2.28. The predicted molar refractivity (Wildman–Crippen MR) is 112 cm³/mol. The molecule has 1 atom stereocenters. The number of fused-ring (bicyclic) bond motifs is 2. The molecule has 5 rings (SSSR count). The minimum absolute atomic E-state index is 0.150. The summed E-state index contributed by atoms with van der Waals surface area (Å²) in [7, 11) is 0. The Morgan fingerprint density at radius 1 is 1.14 bits per heavy atom. The summed E-state index contributed by atoms with van der Waals surface area (Å²) in [4.78, 5) is 24.6. The van der Waals surface area contributed by atoms with Gasteiger partial charge in [-0.1, -0.05) is 17.4 Å². The van der Waals surface area contributed by atoms with E-state index >= 15 is 0 Å². The fourth-order valence-electron chi connectivity index (χ4n) is 4.27. The molecule has 1 unspecified atom stereocenters. The molecule has 2 aromatic rings. The van der Waals surface area contributed by atoms with Gasteiger partial charge in [0.15, 0.2) is 16.6 Å². The van der Waals surface area contributed by atoms with Gasteiger partial charge in [-0.05, 0) is 24.6 Å². The largest absolute Gasteiger partial charge is 0.454 e. The van der Waals surface area contributed by atoms with E-state index in [1.807, 2.05) is 11.0 Å². The predicted octanol–water partition coefficient (Wildman–Crippen LogP) is 2.66. The van der Waals surface area contributed by atoms with Gasteiger partial charge in [0.2, 0.25) is 12.7 Å². The second-order valence-electron chi connectivity index (χ2n) is 7.87. The van der Waals surface area contributed by atoms with Gasteiger partial charge in [-0.2, -0.15) is 0 Å². The lowest BCUT2D eigenvalue weighted by atomic mass is 10.1. The molecule has 7 nitrogen and oxygen atoms in total. The summed E-state index contributed by atoms with van der Waals surface area (Å²) in [5.41, 5.74) is 2.44. The zero-order chi connectivity index (χ0) is 20.0. The van der Waals surface area contributed by atoms with Crippen molar-refractivity contribution < 1.29 is 14.3 Å². The van der Waals surface area contributed by atoms with Crippen LogP contribution in [0.3, 0.4) is 0 Å². The van der Waals surface area contributed by atoms with Crippen molar-refractivity contribution in [3.63, 3.8) is 0 Å². The summed E-state index contributed by atoms with van der Waals surface area (Å²) in [5, 5.41) is 1.11. The number of carbonyl (C=O) groups is 1. The zero-order valence-electron chi connectivity index (χ0n) is 16.9. The molecule has 0 saturated carbocycles. The van der Waals surface area contributed by atoms with Crippen LogP contribution >= 0.6 is 11.3 Å². The van der Waals surface area contributed by atoms with Crippen LogP contribution in [0.2, 0.25) is 0 Å². The van der Waals surface area contributed by atoms with E-state index in [9.17, 15) is 4.79 Å². The second-order valence-corrected chi connectivity index (χ2v) is 8.93. The van der Waals surface area contributed by atoms with E-state index < -0.39 is 0 Å². The van der Waals surface area contributed by atoms with Crippen molar-refractivity contribution in [3.05, 3.63) is 34.3 Å². The van der Waals surface area contributed by atoms with Gasteiger partial charge in [-0.25, -0.2) is 4.98 Å². The maximum absolute atomic E-state index is 11.7. The van der Waals surface area contributed by atoms with Gasteiger partial charge in [-0.15, -0.1) is 0 Å². The first kappa shape index (κ1) is 18.7. The van der Waals surface area contributed by atoms with E-state index in [1.54, 1.807) is 18.3 Å². The van der Waals surface area contributed by atoms with Crippen molar-refractivity contribution in [1.29, 1.82) is 0 Å². The Bertz CT molecular complexity index is 923. The quantitative estimate of drug-likeness (QED) is 0.770. The average Bonchev–Trinajstić information content (AvgIpc) is 3.38. The number of nitrogens with zero attached hydrogens (tertiary/aromatic N) is 4. The molecule has 8 heteroatoms. The monoisotopic (exact) mass is 414 g/mol. The third kappa shape index (κ3) is 3.55. The van der Waals surface area contributed by atoms with E-state index in [4.69, 9.17) is 14.5 Å². The Balaban J connectivity index is 1.22. The van der Waals surface area contributed by atoms with Crippen LogP contribution in [0.5, 0.6) is 11.5 Å². The average molecular weight is 415 g/mol. The van der Waals surface area contributed by atoms with E-state index in [1.165, 1.54) is 16.1 Å². The maximum atomic E-state index is 11.7. The number of piperazine rings is 1. The molecule has 3 aliphatic heterocycles. The van der Waals surface area contributed by atoms with E-state index in [0.29, 0.717) is 19.4 Å². The molecule has 0 radical (unpaired) electrons. The second kappa shape index (κ2) is 7.50. The first-order valence-electron chi connectivity index (χ1n) is 10.2. The lowest BCUT2D eigenvalue weighted by Crippen LogP contribution is -2.47. The van der Waals surface area contributed by atoms with Crippen LogP contribution in [0.1, 0.15) is 36.0 Å². The van der Waals surface area contributed by atoms with Crippen molar-refractivity contribution in [2.24, 2.45) is 0 Å². The number of benzene rings is 1. The molecule has 1 aromatic heterocycles. The van der Waals surface area contributed by atoms with Gasteiger partial charge >= 0.3 is 0 Å². The SMILES string of the molecule is CC(=O)N1CCc2nc(N3CCN(C(C)c4ccc5c(c4)OCO5)CC3)sc2C1. The topological polar surface area (TPSA) is 58.1 Å². The number of ether oxygens (including phenoxy) is 2. The molecule has 154 valence electrons. The van der Waals surface area contributed by atoms with Crippen molar-refractivity contribution in [2.45, 2.75) is 32.9 Å². The van der Waals surface area contributed by atoms with Crippen molar-refractivity contribution in [3.8, 4) is 11.5 Å². The lowest BCUT2D eigenvalue weighted by Gasteiger charge is -2.38. The highest BCUT2D eigenvalue weighted by atomic mass is 32.1. The number of thiazole rings is 1. The minimum Gasteiger partial charge on any atom is -0.454 e. The molecule has 1 fully saturated rings. The normalized spacial score (nSPS) is 19.9. The van der Waals surface area contributed by atoms with Crippen LogP contribution in [0.25, 0.3) is 0 Å². The molecule has 0 N–H and O–H groups in total. The van der Waals surface area contributed by atoms with Crippen LogP contribution in [0, 0.1) is 0 Å². The molecule has 0 aliphatic carbocycles. The highest BCUT2D eigenvalue weighted by Crippen LogP contribution is 2.36. The Hall–Kier alpha value is -2.32. The smallest absolute Gasteiger partial charge is 0.231 e. The van der Waals surface area contributed by atoms with Crippen molar-refractivity contribution >= 4 is 22.4 Å². The van der Waals surface area contributed by atoms with E-state index in [2.05, 4.69) is 28.9 Å². The van der Waals surface area contributed by atoms with Gasteiger partial charge < -0.3 is 19.3 Å². The third-order valence-electron chi connectivity index (χ3n) is 6.18. The molecular formula is C21H26N4O3S. The molecule has 0 bridgehead atoms. The maximum Gasteiger partial charge on any atom is 0.231 e. The number of carbonyl (C=O) groups excluding carboxylic acids is 1. The number of hydrogen-bond donors (Lipinski definition) is 0. The molecule has 29 heavy (non-hydrogen) atoms. The summed E-state index contributed by atoms with van der Waals surface area (Å²) in [6.45, 7) is 9.65. The fourth-order valence-corrected chi connectivity index (χ4v) is 5.44. The summed E-state index contributed by atoms with van der Waals surface area (Å²) < 4.78 is 11.0. The van der Waals surface area contributed by atoms with Gasteiger partial charge in [-0.3, -0.25) is 9.69 Å². The number of anilines is 1. The molecule has 1 amide bonds. The minimum atomic E-state index is 0.150. The van der Waals surface area contributed by atoms with Gasteiger partial charge in [0, 0.05) is 57.0 Å². The Labute approximate surface area is 174 Å². The summed E-state index contributed by atoms with van der Waals surface area (Å²) in [5.74, 6) is 1.83. The van der Waals surface area contributed by atoms with Gasteiger partial charge in [0.25, 0.3) is 0 Å². The third-order valence-corrected chi connectivity index (χ3v) is 7.32. The Morgan fingerprint density at radius 3 is 2.72 bits per heavy atom. The molecule has 0 spiro atoms. The van der Waals surface area contributed by atoms with Crippen molar-refractivity contribution in [1.82, 2.24) is 14.8 Å². The standard InChI is InChI=1S/C21H26N4O3S/c1-14(16-3-4-18-19(11-16)28-13-27-18)23-7-9-24(10-8-23)21-22-17-5-6-25(15(2)26)12-20(17)29-21/h3-4,11,14H,5-10,12-13H2,1-2H3. The lowest BCUT2D eigenvalue weighted by molar-refractivity contribution is -0.129. The number of aromatic nitrogens is 1. The zero-order valence-corrected chi connectivity index (χ0v) is 17.7. The molecular weight excluding hydrogens is 388 g/mol. The molecule has 4 heterocycles. The Morgan fingerprint density at radius 2 is 1.93 bits per heavy atom. The number of rotatable bonds is 3. The van der Waals surface area contributed by atoms with Crippen LogP contribution in [0.15, 0.2) is 18.2 Å². The number of hydrogen-bond acceptors (Lipinski definition) is 7. The van der Waals surface area contributed by atoms with Crippen LogP contribution < -0.4 is 14.4 Å². The number of amides is 1. The van der Waals surface area contributed by atoms with Crippen LogP contribution in [-0.4, -0.2) is 60.2 Å². The first-order chi connectivity index (χ1) is 14.1. The van der Waals surface area contributed by atoms with Crippen LogP contribution in [0.4, 0.5) is 5.13 Å². The molecule has 1 saturated heterocycles. The molecule has 3 aliphatic rings. The fraction of sp³-hybridized carbons (Fsp3) is 0.524. The summed E-state index contributed by atoms with van der Waals surface area (Å²) in [6, 6.07) is 6.59. The molecule has 1 aromatic carbocycles. The van der Waals surface area contributed by atoms with Gasteiger partial charge in [0.1, 0.15) is 0 Å². The van der Waals surface area contributed by atoms with Crippen molar-refractivity contribution in [2.75, 3.05) is 44.4 Å². The Kier molecular flexibility index (Phi) is 4.83. The van der Waals surface area contributed by atoms with E-state index in [0.717, 1.165) is 55.8 Å². The van der Waals surface area contributed by atoms with Gasteiger partial charge in [0.05, 0.1) is 12.2 Å². The van der Waals surface area contributed by atoms with E-state index in [-0.39, 0.29) is 5.91 Å². The summed E-state index contributed by atoms with van der Waals surface area (Å²) in [6.07, 6.45) is 0.868. The highest BCUT2D eigenvalue weighted by molar-refractivity contribution is 7.15. The first-order valence-corrected chi connectivity index (χ1v) is 11.0. The summed E-state index contributed by atoms with van der Waals surface area (Å²) >= 11 is 1.75.